The molecule has 2 aromatic rings. The van der Waals surface area contributed by atoms with E-state index in [9.17, 15) is 14.4 Å². The Labute approximate surface area is 131 Å². The lowest BCUT2D eigenvalue weighted by Gasteiger charge is -2.03. The zero-order valence-electron chi connectivity index (χ0n) is 12.8. The van der Waals surface area contributed by atoms with Gasteiger partial charge in [0.25, 0.3) is 11.8 Å². The molecule has 2 aromatic heterocycles. The molecule has 0 unspecified atom stereocenters. The van der Waals surface area contributed by atoms with Crippen molar-refractivity contribution in [3.05, 3.63) is 29.3 Å². The summed E-state index contributed by atoms with van der Waals surface area (Å²) in [6.07, 6.45) is 2.79. The Balaban J connectivity index is 2.35. The first kappa shape index (κ1) is 16.2. The highest BCUT2D eigenvalue weighted by molar-refractivity contribution is 6.11. The Morgan fingerprint density at radius 3 is 2.43 bits per heavy atom. The number of aromatic carboxylic acids is 1. The van der Waals surface area contributed by atoms with Crippen LogP contribution >= 0.6 is 0 Å². The largest absolute Gasteiger partial charge is 0.476 e. The van der Waals surface area contributed by atoms with Crippen LogP contribution in [0.5, 0.6) is 0 Å². The van der Waals surface area contributed by atoms with Gasteiger partial charge in [-0.25, -0.2) is 4.79 Å². The fourth-order valence-electron chi connectivity index (χ4n) is 1.96. The fourth-order valence-corrected chi connectivity index (χ4v) is 1.96. The lowest BCUT2D eigenvalue weighted by Crippen LogP contribution is -2.22. The van der Waals surface area contributed by atoms with Gasteiger partial charge in [0.2, 0.25) is 0 Å². The van der Waals surface area contributed by atoms with Gasteiger partial charge in [-0.3, -0.25) is 19.0 Å². The van der Waals surface area contributed by atoms with Crippen LogP contribution in [0.3, 0.4) is 0 Å². The van der Waals surface area contributed by atoms with Gasteiger partial charge >= 0.3 is 5.97 Å². The maximum atomic E-state index is 12.3. The van der Waals surface area contributed by atoms with Gasteiger partial charge in [0.15, 0.2) is 11.4 Å². The Bertz CT molecular complexity index is 776. The molecule has 0 aromatic carbocycles. The summed E-state index contributed by atoms with van der Waals surface area (Å²) in [7, 11) is 2.96. The highest BCUT2D eigenvalue weighted by Crippen LogP contribution is 2.16. The first-order chi connectivity index (χ1) is 10.9. The van der Waals surface area contributed by atoms with Gasteiger partial charge in [-0.2, -0.15) is 10.2 Å². The minimum atomic E-state index is -1.31. The first-order valence-corrected chi connectivity index (χ1v) is 6.75. The molecule has 0 saturated carbocycles. The SMILES string of the molecule is CCn1cc(NC(=O)c2cn(C)nc2C(=O)O)c(C(=O)NC)n1. The topological polar surface area (TPSA) is 131 Å². The summed E-state index contributed by atoms with van der Waals surface area (Å²) in [6.45, 7) is 2.34. The summed E-state index contributed by atoms with van der Waals surface area (Å²) < 4.78 is 2.72. The number of hydrogen-bond donors (Lipinski definition) is 3. The van der Waals surface area contributed by atoms with Crippen LogP contribution in [0.4, 0.5) is 5.69 Å². The molecule has 3 N–H and O–H groups in total. The number of carbonyl (C=O) groups is 3. The average Bonchev–Trinajstić information content (AvgIpc) is 3.10. The summed E-state index contributed by atoms with van der Waals surface area (Å²) in [4.78, 5) is 35.3. The van der Waals surface area contributed by atoms with E-state index in [0.29, 0.717) is 6.54 Å². The number of aryl methyl sites for hydroxylation is 2. The third-order valence-electron chi connectivity index (χ3n) is 3.05. The molecular weight excluding hydrogens is 304 g/mol. The molecule has 0 radical (unpaired) electrons. The summed E-state index contributed by atoms with van der Waals surface area (Å²) in [5.74, 6) is -2.46. The average molecular weight is 320 g/mol. The van der Waals surface area contributed by atoms with E-state index in [-0.39, 0.29) is 22.6 Å². The van der Waals surface area contributed by atoms with Crippen LogP contribution in [0.25, 0.3) is 0 Å². The smallest absolute Gasteiger partial charge is 0.357 e. The van der Waals surface area contributed by atoms with Gasteiger partial charge in [0.1, 0.15) is 0 Å². The zero-order valence-corrected chi connectivity index (χ0v) is 12.8. The van der Waals surface area contributed by atoms with Crippen LogP contribution in [0.15, 0.2) is 12.4 Å². The normalized spacial score (nSPS) is 10.4. The minimum absolute atomic E-state index is 0.0449. The Kier molecular flexibility index (Phi) is 4.44. The van der Waals surface area contributed by atoms with Crippen molar-refractivity contribution in [3.63, 3.8) is 0 Å². The molecule has 10 nitrogen and oxygen atoms in total. The van der Waals surface area contributed by atoms with Gasteiger partial charge in [0.05, 0.1) is 11.3 Å². The van der Waals surface area contributed by atoms with Crippen molar-refractivity contribution in [1.29, 1.82) is 0 Å². The van der Waals surface area contributed by atoms with Crippen molar-refractivity contribution in [2.75, 3.05) is 12.4 Å². The Morgan fingerprint density at radius 1 is 1.17 bits per heavy atom. The molecule has 0 aliphatic heterocycles. The predicted octanol–water partition coefficient (Wildman–Crippen LogP) is -0.0534. The highest BCUT2D eigenvalue weighted by Gasteiger charge is 2.23. The Morgan fingerprint density at radius 2 is 1.87 bits per heavy atom. The van der Waals surface area contributed by atoms with Crippen molar-refractivity contribution in [2.24, 2.45) is 7.05 Å². The fraction of sp³-hybridized carbons (Fsp3) is 0.308. The highest BCUT2D eigenvalue weighted by atomic mass is 16.4. The molecule has 2 heterocycles. The third kappa shape index (κ3) is 3.20. The van der Waals surface area contributed by atoms with E-state index in [0.717, 1.165) is 0 Å². The Hall–Kier alpha value is -3.17. The molecule has 122 valence electrons. The van der Waals surface area contributed by atoms with Gasteiger partial charge < -0.3 is 15.7 Å². The second-order valence-electron chi connectivity index (χ2n) is 4.65. The van der Waals surface area contributed by atoms with Crippen LogP contribution in [-0.4, -0.2) is 49.5 Å². The molecule has 2 amide bonds. The molecule has 0 bridgehead atoms. The van der Waals surface area contributed by atoms with Crippen LogP contribution in [0.1, 0.15) is 38.3 Å². The third-order valence-corrected chi connectivity index (χ3v) is 3.05. The van der Waals surface area contributed by atoms with Crippen molar-refractivity contribution in [1.82, 2.24) is 24.9 Å². The molecule has 0 fully saturated rings. The van der Waals surface area contributed by atoms with E-state index in [2.05, 4.69) is 20.8 Å². The van der Waals surface area contributed by atoms with Crippen molar-refractivity contribution in [3.8, 4) is 0 Å². The monoisotopic (exact) mass is 320 g/mol. The standard InChI is InChI=1S/C13H16N6O4/c1-4-19-6-8(10(17-19)12(21)14-2)15-11(20)7-5-18(3)16-9(7)13(22)23/h5-6H,4H2,1-3H3,(H,14,21)(H,15,20)(H,22,23). The maximum absolute atomic E-state index is 12.3. The van der Waals surface area contributed by atoms with Gasteiger partial charge in [-0.15, -0.1) is 0 Å². The van der Waals surface area contributed by atoms with Gasteiger partial charge in [-0.05, 0) is 6.92 Å². The van der Waals surface area contributed by atoms with E-state index in [4.69, 9.17) is 5.11 Å². The maximum Gasteiger partial charge on any atom is 0.357 e. The van der Waals surface area contributed by atoms with Gasteiger partial charge in [-0.1, -0.05) is 0 Å². The molecule has 0 atom stereocenters. The molecule has 0 aliphatic rings. The van der Waals surface area contributed by atoms with Crippen LogP contribution in [0.2, 0.25) is 0 Å². The number of hydrogen-bond acceptors (Lipinski definition) is 5. The van der Waals surface area contributed by atoms with E-state index < -0.39 is 17.8 Å². The predicted molar refractivity (Wildman–Crippen MR) is 79.4 cm³/mol. The molecule has 2 rings (SSSR count). The summed E-state index contributed by atoms with van der Waals surface area (Å²) in [5, 5.41) is 21.8. The number of nitrogens with one attached hydrogen (secondary N) is 2. The second kappa shape index (κ2) is 6.30. The van der Waals surface area contributed by atoms with E-state index >= 15 is 0 Å². The number of carboxylic acids is 1. The molecule has 0 spiro atoms. The number of amides is 2. The minimum Gasteiger partial charge on any atom is -0.476 e. The quantitative estimate of drug-likeness (QED) is 0.707. The number of nitrogens with zero attached hydrogens (tertiary/aromatic N) is 4. The van der Waals surface area contributed by atoms with Crippen molar-refractivity contribution in [2.45, 2.75) is 13.5 Å². The second-order valence-corrected chi connectivity index (χ2v) is 4.65. The molecule has 0 saturated heterocycles. The number of anilines is 1. The van der Waals surface area contributed by atoms with Crippen LogP contribution in [0, 0.1) is 0 Å². The van der Waals surface area contributed by atoms with Crippen LogP contribution < -0.4 is 10.6 Å². The molecule has 10 heteroatoms. The van der Waals surface area contributed by atoms with Crippen LogP contribution in [-0.2, 0) is 13.6 Å². The number of rotatable bonds is 5. The summed E-state index contributed by atoms with van der Waals surface area (Å²) in [6, 6.07) is 0. The number of carbonyl (C=O) groups excluding carboxylic acids is 2. The lowest BCUT2D eigenvalue weighted by atomic mass is 10.2. The van der Waals surface area contributed by atoms with Gasteiger partial charge in [0, 0.05) is 33.0 Å². The number of aromatic nitrogens is 4. The summed E-state index contributed by atoms with van der Waals surface area (Å²) >= 11 is 0. The van der Waals surface area contributed by atoms with E-state index in [1.165, 1.54) is 35.9 Å². The number of carboxylic acid groups (broad SMARTS) is 1. The lowest BCUT2D eigenvalue weighted by molar-refractivity contribution is 0.0685. The zero-order chi connectivity index (χ0) is 17.1. The van der Waals surface area contributed by atoms with E-state index in [1.54, 1.807) is 0 Å². The molecular formula is C13H16N6O4. The molecule has 23 heavy (non-hydrogen) atoms. The van der Waals surface area contributed by atoms with Crippen molar-refractivity contribution < 1.29 is 19.5 Å². The van der Waals surface area contributed by atoms with Crippen molar-refractivity contribution >= 4 is 23.5 Å². The molecule has 0 aliphatic carbocycles. The first-order valence-electron chi connectivity index (χ1n) is 6.75. The summed E-state index contributed by atoms with van der Waals surface area (Å²) in [5.41, 5.74) is -0.235. The van der Waals surface area contributed by atoms with E-state index in [1.807, 2.05) is 6.92 Å².